The molecule has 0 aromatic rings. The van der Waals surface area contributed by atoms with Gasteiger partial charge in [-0.1, -0.05) is 0 Å². The molecule has 16 heavy (non-hydrogen) atoms. The minimum Gasteiger partial charge on any atom is -0.352 e. The quantitative estimate of drug-likeness (QED) is 0.597. The van der Waals surface area contributed by atoms with Gasteiger partial charge in [-0.3, -0.25) is 9.59 Å². The Morgan fingerprint density at radius 2 is 2.19 bits per heavy atom. The predicted octanol–water partition coefficient (Wildman–Crippen LogP) is -0.619. The average molecular weight is 225 g/mol. The zero-order valence-electron chi connectivity index (χ0n) is 9.64. The maximum Gasteiger partial charge on any atom is 0.239 e. The molecule has 1 heterocycles. The molecule has 0 aromatic carbocycles. The topological polar surface area (TPSA) is 70.2 Å². The third-order valence-corrected chi connectivity index (χ3v) is 3.27. The Morgan fingerprint density at radius 1 is 1.44 bits per heavy atom. The summed E-state index contributed by atoms with van der Waals surface area (Å²) in [6.07, 6.45) is 2.98. The van der Waals surface area contributed by atoms with Crippen LogP contribution in [0.15, 0.2) is 0 Å². The summed E-state index contributed by atoms with van der Waals surface area (Å²) in [5, 5.41) is 8.71. The fourth-order valence-corrected chi connectivity index (χ4v) is 1.89. The summed E-state index contributed by atoms with van der Waals surface area (Å²) in [6, 6.07) is 0.355. The highest BCUT2D eigenvalue weighted by Gasteiger charge is 2.36. The molecule has 0 radical (unpaired) electrons. The SMILES string of the molecule is CC1(C(=O)NCC(=O)NC2CC2)CCNC1. The zero-order valence-corrected chi connectivity index (χ0v) is 9.64. The fraction of sp³-hybridized carbons (Fsp3) is 0.818. The summed E-state index contributed by atoms with van der Waals surface area (Å²) in [6.45, 7) is 3.60. The van der Waals surface area contributed by atoms with Gasteiger partial charge in [0.1, 0.15) is 0 Å². The number of hydrogen-bond donors (Lipinski definition) is 3. The van der Waals surface area contributed by atoms with Gasteiger partial charge < -0.3 is 16.0 Å². The zero-order chi connectivity index (χ0) is 11.6. The van der Waals surface area contributed by atoms with Gasteiger partial charge in [-0.25, -0.2) is 0 Å². The van der Waals surface area contributed by atoms with E-state index >= 15 is 0 Å². The predicted molar refractivity (Wildman–Crippen MR) is 59.8 cm³/mol. The molecule has 2 aliphatic rings. The molecule has 1 atom stereocenters. The lowest BCUT2D eigenvalue weighted by atomic mass is 9.89. The van der Waals surface area contributed by atoms with Gasteiger partial charge in [0.15, 0.2) is 0 Å². The van der Waals surface area contributed by atoms with Crippen molar-refractivity contribution in [2.45, 2.75) is 32.2 Å². The lowest BCUT2D eigenvalue weighted by Crippen LogP contribution is -2.45. The number of hydrogen-bond acceptors (Lipinski definition) is 3. The Hall–Kier alpha value is -1.10. The highest BCUT2D eigenvalue weighted by molar-refractivity contribution is 5.88. The van der Waals surface area contributed by atoms with E-state index in [-0.39, 0.29) is 23.8 Å². The smallest absolute Gasteiger partial charge is 0.239 e. The first-order chi connectivity index (χ1) is 7.60. The van der Waals surface area contributed by atoms with Gasteiger partial charge in [0.25, 0.3) is 0 Å². The van der Waals surface area contributed by atoms with E-state index in [4.69, 9.17) is 0 Å². The lowest BCUT2D eigenvalue weighted by molar-refractivity contribution is -0.131. The molecule has 3 N–H and O–H groups in total. The second-order valence-electron chi connectivity index (χ2n) is 5.01. The highest BCUT2D eigenvalue weighted by Crippen LogP contribution is 2.24. The molecule has 5 heteroatoms. The standard InChI is InChI=1S/C11H19N3O2/c1-11(4-5-12-7-11)10(16)13-6-9(15)14-8-2-3-8/h8,12H,2-7H2,1H3,(H,13,16)(H,14,15). The van der Waals surface area contributed by atoms with Crippen LogP contribution in [0.3, 0.4) is 0 Å². The summed E-state index contributed by atoms with van der Waals surface area (Å²) in [4.78, 5) is 23.2. The first kappa shape index (κ1) is 11.4. The molecule has 1 saturated heterocycles. The minimum atomic E-state index is -0.347. The van der Waals surface area contributed by atoms with E-state index in [0.29, 0.717) is 12.6 Å². The summed E-state index contributed by atoms with van der Waals surface area (Å²) < 4.78 is 0. The maximum absolute atomic E-state index is 11.8. The number of carbonyl (C=O) groups is 2. The van der Waals surface area contributed by atoms with Gasteiger partial charge in [-0.2, -0.15) is 0 Å². The molecule has 0 bridgehead atoms. The van der Waals surface area contributed by atoms with Gasteiger partial charge in [-0.05, 0) is 32.7 Å². The van der Waals surface area contributed by atoms with E-state index in [9.17, 15) is 9.59 Å². The van der Waals surface area contributed by atoms with Crippen molar-refractivity contribution < 1.29 is 9.59 Å². The Bertz CT molecular complexity index is 294. The Labute approximate surface area is 95.3 Å². The third-order valence-electron chi connectivity index (χ3n) is 3.27. The molecule has 1 aliphatic carbocycles. The van der Waals surface area contributed by atoms with E-state index in [2.05, 4.69) is 16.0 Å². The second kappa shape index (κ2) is 4.41. The largest absolute Gasteiger partial charge is 0.352 e. The van der Waals surface area contributed by atoms with E-state index in [0.717, 1.165) is 25.8 Å². The molecule has 2 fully saturated rings. The van der Waals surface area contributed by atoms with Crippen LogP contribution in [0.4, 0.5) is 0 Å². The monoisotopic (exact) mass is 225 g/mol. The van der Waals surface area contributed by atoms with E-state index in [1.165, 1.54) is 0 Å². The molecule has 1 unspecified atom stereocenters. The van der Waals surface area contributed by atoms with E-state index in [1.807, 2.05) is 6.92 Å². The molecular weight excluding hydrogens is 206 g/mol. The van der Waals surface area contributed by atoms with Crippen LogP contribution in [0.2, 0.25) is 0 Å². The normalized spacial score (nSPS) is 28.8. The van der Waals surface area contributed by atoms with Gasteiger partial charge in [0.05, 0.1) is 12.0 Å². The number of carbonyl (C=O) groups excluding carboxylic acids is 2. The van der Waals surface area contributed by atoms with Crippen LogP contribution in [0.1, 0.15) is 26.2 Å². The van der Waals surface area contributed by atoms with Crippen LogP contribution in [-0.2, 0) is 9.59 Å². The van der Waals surface area contributed by atoms with Gasteiger partial charge >= 0.3 is 0 Å². The van der Waals surface area contributed by atoms with Crippen molar-refractivity contribution in [2.75, 3.05) is 19.6 Å². The van der Waals surface area contributed by atoms with Crippen molar-refractivity contribution in [3.63, 3.8) is 0 Å². The van der Waals surface area contributed by atoms with Crippen LogP contribution < -0.4 is 16.0 Å². The molecule has 5 nitrogen and oxygen atoms in total. The van der Waals surface area contributed by atoms with Crippen molar-refractivity contribution in [2.24, 2.45) is 5.41 Å². The molecule has 1 aliphatic heterocycles. The summed E-state index contributed by atoms with van der Waals surface area (Å²) >= 11 is 0. The molecule has 1 saturated carbocycles. The maximum atomic E-state index is 11.8. The second-order valence-corrected chi connectivity index (χ2v) is 5.01. The molecule has 0 spiro atoms. The van der Waals surface area contributed by atoms with Crippen LogP contribution in [0, 0.1) is 5.41 Å². The summed E-state index contributed by atoms with van der Waals surface area (Å²) in [5.41, 5.74) is -0.347. The molecule has 0 aromatic heterocycles. The van der Waals surface area contributed by atoms with Gasteiger partial charge in [0.2, 0.25) is 11.8 Å². The Kier molecular flexibility index (Phi) is 3.14. The minimum absolute atomic E-state index is 0.0246. The van der Waals surface area contributed by atoms with E-state index < -0.39 is 0 Å². The molecule has 2 amide bonds. The summed E-state index contributed by atoms with van der Waals surface area (Å²) in [5.74, 6) is -0.103. The van der Waals surface area contributed by atoms with Crippen molar-refractivity contribution in [1.82, 2.24) is 16.0 Å². The molecule has 90 valence electrons. The van der Waals surface area contributed by atoms with Crippen LogP contribution in [0.25, 0.3) is 0 Å². The summed E-state index contributed by atoms with van der Waals surface area (Å²) in [7, 11) is 0. The van der Waals surface area contributed by atoms with E-state index in [1.54, 1.807) is 0 Å². The Morgan fingerprint density at radius 3 is 2.75 bits per heavy atom. The first-order valence-electron chi connectivity index (χ1n) is 5.88. The van der Waals surface area contributed by atoms with Crippen LogP contribution in [-0.4, -0.2) is 37.5 Å². The highest BCUT2D eigenvalue weighted by atomic mass is 16.2. The fourth-order valence-electron chi connectivity index (χ4n) is 1.89. The van der Waals surface area contributed by atoms with Gasteiger partial charge in [-0.15, -0.1) is 0 Å². The number of nitrogens with one attached hydrogen (secondary N) is 3. The Balaban J connectivity index is 1.71. The average Bonchev–Trinajstić information content (AvgIpc) is 2.95. The first-order valence-corrected chi connectivity index (χ1v) is 5.88. The van der Waals surface area contributed by atoms with Crippen LogP contribution in [0.5, 0.6) is 0 Å². The third kappa shape index (κ3) is 2.72. The van der Waals surface area contributed by atoms with Crippen LogP contribution >= 0.6 is 0 Å². The van der Waals surface area contributed by atoms with Crippen molar-refractivity contribution in [3.8, 4) is 0 Å². The number of amides is 2. The van der Waals surface area contributed by atoms with Gasteiger partial charge in [0, 0.05) is 12.6 Å². The van der Waals surface area contributed by atoms with Crippen molar-refractivity contribution in [3.05, 3.63) is 0 Å². The number of rotatable bonds is 4. The molecular formula is C11H19N3O2. The molecule has 2 rings (SSSR count). The van der Waals surface area contributed by atoms with Crippen molar-refractivity contribution >= 4 is 11.8 Å². The van der Waals surface area contributed by atoms with Crippen molar-refractivity contribution in [1.29, 1.82) is 0 Å². The lowest BCUT2D eigenvalue weighted by Gasteiger charge is -2.21.